The molecule has 1 aliphatic rings. The van der Waals surface area contributed by atoms with Crippen LogP contribution >= 0.6 is 0 Å². The molecule has 1 aromatic heterocycles. The van der Waals surface area contributed by atoms with E-state index in [9.17, 15) is 0 Å². The van der Waals surface area contributed by atoms with Crippen LogP contribution in [0.25, 0.3) is 0 Å². The van der Waals surface area contributed by atoms with E-state index in [1.165, 1.54) is 3.71 Å². The number of rotatable bonds is 2. The average Bonchev–Trinajstić information content (AvgIpc) is 2.27. The zero-order valence-corrected chi connectivity index (χ0v) is 14.8. The van der Waals surface area contributed by atoms with E-state index >= 15 is 0 Å². The molecule has 0 aliphatic carbocycles. The van der Waals surface area contributed by atoms with Crippen molar-refractivity contribution >= 4 is 27.9 Å². The molecule has 0 radical (unpaired) electrons. The van der Waals surface area contributed by atoms with Gasteiger partial charge in [-0.15, -0.1) is 0 Å². The molecule has 0 N–H and O–H groups in total. The van der Waals surface area contributed by atoms with Gasteiger partial charge >= 0.3 is 114 Å². The molecule has 0 amide bonds. The summed E-state index contributed by atoms with van der Waals surface area (Å²) in [5.41, 5.74) is 0. The van der Waals surface area contributed by atoms with E-state index in [0.717, 1.165) is 18.9 Å². The summed E-state index contributed by atoms with van der Waals surface area (Å²) < 4.78 is 7.06. The van der Waals surface area contributed by atoms with Gasteiger partial charge in [0.25, 0.3) is 0 Å². The molecule has 0 unspecified atom stereocenters. The molecular formula is C13H23N3OSn. The Morgan fingerprint density at radius 1 is 1.17 bits per heavy atom. The van der Waals surface area contributed by atoms with E-state index in [2.05, 4.69) is 49.6 Å². The standard InChI is InChI=1S/C10H14N3O.3CH3.Sn/c1-8-5-13(6-9(2)14-8)10-3-4-11-7-12-10;;;;/h3,7-9H,5-6H2,1-2H3;3*1H3;/t8-,9+;;;;. The first-order valence-corrected chi connectivity index (χ1v) is 16.6. The molecule has 0 bridgehead atoms. The Hall–Kier alpha value is -0.361. The van der Waals surface area contributed by atoms with E-state index in [1.54, 1.807) is 6.33 Å². The fraction of sp³-hybridized carbons (Fsp3) is 0.692. The van der Waals surface area contributed by atoms with Crippen molar-refractivity contribution in [1.82, 2.24) is 9.97 Å². The molecule has 0 saturated carbocycles. The van der Waals surface area contributed by atoms with Gasteiger partial charge in [0.2, 0.25) is 0 Å². The number of nitrogens with zero attached hydrogens (tertiary/aromatic N) is 3. The van der Waals surface area contributed by atoms with Crippen molar-refractivity contribution in [1.29, 1.82) is 0 Å². The van der Waals surface area contributed by atoms with Gasteiger partial charge < -0.3 is 0 Å². The van der Waals surface area contributed by atoms with Crippen molar-refractivity contribution in [3.8, 4) is 0 Å². The van der Waals surface area contributed by atoms with Crippen LogP contribution in [0.15, 0.2) is 12.4 Å². The van der Waals surface area contributed by atoms with E-state index in [4.69, 9.17) is 4.74 Å². The van der Waals surface area contributed by atoms with Crippen LogP contribution in [-0.4, -0.2) is 53.6 Å². The Balaban J connectivity index is 2.23. The van der Waals surface area contributed by atoms with Crippen molar-refractivity contribution < 1.29 is 4.74 Å². The van der Waals surface area contributed by atoms with Crippen molar-refractivity contribution in [2.45, 2.75) is 40.9 Å². The quantitative estimate of drug-likeness (QED) is 0.756. The van der Waals surface area contributed by atoms with Gasteiger partial charge in [-0.2, -0.15) is 0 Å². The molecule has 2 heterocycles. The van der Waals surface area contributed by atoms with Crippen LogP contribution in [0.3, 0.4) is 0 Å². The van der Waals surface area contributed by atoms with Crippen LogP contribution < -0.4 is 8.61 Å². The normalized spacial score (nSPS) is 25.3. The monoisotopic (exact) mass is 357 g/mol. The van der Waals surface area contributed by atoms with Crippen molar-refractivity contribution in [2.24, 2.45) is 0 Å². The third-order valence-corrected chi connectivity index (χ3v) is 8.33. The Kier molecular flexibility index (Phi) is 4.16. The summed E-state index contributed by atoms with van der Waals surface area (Å²) in [7, 11) is 0. The van der Waals surface area contributed by atoms with Crippen LogP contribution in [0, 0.1) is 0 Å². The van der Waals surface area contributed by atoms with Crippen molar-refractivity contribution in [3.63, 3.8) is 0 Å². The van der Waals surface area contributed by atoms with Gasteiger partial charge in [-0.25, -0.2) is 0 Å². The number of ether oxygens (including phenoxy) is 1. The van der Waals surface area contributed by atoms with Crippen LogP contribution in [0.1, 0.15) is 13.8 Å². The van der Waals surface area contributed by atoms with E-state index in [0.29, 0.717) is 0 Å². The molecule has 1 aromatic rings. The molecule has 4 nitrogen and oxygen atoms in total. The van der Waals surface area contributed by atoms with Gasteiger partial charge in [0, 0.05) is 0 Å². The molecule has 0 aromatic carbocycles. The van der Waals surface area contributed by atoms with Crippen LogP contribution in [0.4, 0.5) is 5.82 Å². The van der Waals surface area contributed by atoms with Gasteiger partial charge in [-0.3, -0.25) is 0 Å². The average molecular weight is 356 g/mol. The Bertz CT molecular complexity index is 409. The van der Waals surface area contributed by atoms with Gasteiger partial charge in [0.15, 0.2) is 0 Å². The van der Waals surface area contributed by atoms with E-state index < -0.39 is 18.4 Å². The van der Waals surface area contributed by atoms with E-state index in [1.807, 2.05) is 0 Å². The molecule has 18 heavy (non-hydrogen) atoms. The number of aromatic nitrogens is 2. The summed E-state index contributed by atoms with van der Waals surface area (Å²) in [6.07, 6.45) is 2.26. The number of hydrogen-bond donors (Lipinski definition) is 0. The van der Waals surface area contributed by atoms with Gasteiger partial charge in [0.1, 0.15) is 0 Å². The fourth-order valence-corrected chi connectivity index (χ4v) is 5.17. The molecule has 1 saturated heterocycles. The molecule has 0 spiro atoms. The van der Waals surface area contributed by atoms with Crippen LogP contribution in [0.2, 0.25) is 14.8 Å². The predicted octanol–water partition coefficient (Wildman–Crippen LogP) is 1.64. The summed E-state index contributed by atoms with van der Waals surface area (Å²) in [4.78, 5) is 18.4. The van der Waals surface area contributed by atoms with Crippen molar-refractivity contribution in [2.75, 3.05) is 18.0 Å². The molecule has 5 heteroatoms. The number of morpholine rings is 1. The summed E-state index contributed by atoms with van der Waals surface area (Å²) in [6.45, 7) is 6.07. The maximum absolute atomic E-state index is 5.76. The molecule has 100 valence electrons. The van der Waals surface area contributed by atoms with E-state index in [-0.39, 0.29) is 12.2 Å². The number of anilines is 1. The summed E-state index contributed by atoms with van der Waals surface area (Å²) in [5.74, 6) is 1.06. The van der Waals surface area contributed by atoms with Gasteiger partial charge in [-0.1, -0.05) is 0 Å². The minimum absolute atomic E-state index is 0.269. The number of hydrogen-bond acceptors (Lipinski definition) is 4. The topological polar surface area (TPSA) is 38.2 Å². The second-order valence-electron chi connectivity index (χ2n) is 6.17. The Labute approximate surface area is 114 Å². The molecule has 2 atom stereocenters. The Morgan fingerprint density at radius 3 is 2.33 bits per heavy atom. The zero-order valence-electron chi connectivity index (χ0n) is 12.0. The fourth-order valence-electron chi connectivity index (χ4n) is 2.30. The summed E-state index contributed by atoms with van der Waals surface area (Å²) >= 11 is -2.10. The predicted molar refractivity (Wildman–Crippen MR) is 77.2 cm³/mol. The van der Waals surface area contributed by atoms with Crippen LogP contribution in [0.5, 0.6) is 0 Å². The van der Waals surface area contributed by atoms with Gasteiger partial charge in [-0.05, 0) is 0 Å². The molecule has 1 aliphatic heterocycles. The second kappa shape index (κ2) is 5.33. The van der Waals surface area contributed by atoms with Crippen molar-refractivity contribution in [3.05, 3.63) is 12.4 Å². The Morgan fingerprint density at radius 2 is 1.78 bits per heavy atom. The maximum atomic E-state index is 5.76. The van der Waals surface area contributed by atoms with Gasteiger partial charge in [0.05, 0.1) is 0 Å². The SMILES string of the molecule is C[C@@H]1CN(c2c[c]([Sn]([CH3])([CH3])[CH3])ncn2)C[C@H](C)O1. The summed E-state index contributed by atoms with van der Waals surface area (Å²) in [5, 5.41) is 0. The first-order valence-electron chi connectivity index (χ1n) is 6.59. The van der Waals surface area contributed by atoms with Crippen LogP contribution in [-0.2, 0) is 4.74 Å². The summed E-state index contributed by atoms with van der Waals surface area (Å²) in [6, 6.07) is 2.20. The molecule has 1 fully saturated rings. The zero-order chi connectivity index (χ0) is 13.3. The molecular weight excluding hydrogens is 333 g/mol. The molecule has 2 rings (SSSR count). The third kappa shape index (κ3) is 3.35. The first-order chi connectivity index (χ1) is 8.36. The first kappa shape index (κ1) is 14.1. The second-order valence-corrected chi connectivity index (χ2v) is 20.5. The minimum atomic E-state index is -2.10. The third-order valence-electron chi connectivity index (χ3n) is 3.16.